The van der Waals surface area contributed by atoms with Gasteiger partial charge in [0, 0.05) is 0 Å². The second-order valence-electron chi connectivity index (χ2n) is 5.62. The zero-order chi connectivity index (χ0) is 14.7. The van der Waals surface area contributed by atoms with Crippen LogP contribution in [0.1, 0.15) is 59.8 Å². The smallest absolute Gasteiger partial charge is 0.434 e. The fourth-order valence-electron chi connectivity index (χ4n) is 1.42. The lowest BCUT2D eigenvalue weighted by atomic mass is 10.2. The zero-order valence-electron chi connectivity index (χ0n) is 12.9. The van der Waals surface area contributed by atoms with Crippen LogP contribution in [0.4, 0.5) is 4.79 Å². The van der Waals surface area contributed by atoms with Gasteiger partial charge in [0.1, 0.15) is 5.60 Å². The van der Waals surface area contributed by atoms with E-state index in [0.717, 1.165) is 32.1 Å². The van der Waals surface area contributed by atoms with Gasteiger partial charge >= 0.3 is 6.09 Å². The number of carbonyl (C=O) groups excluding carboxylic acids is 1. The van der Waals surface area contributed by atoms with Crippen LogP contribution in [0.5, 0.6) is 0 Å². The van der Waals surface area contributed by atoms with Gasteiger partial charge in [0.15, 0.2) is 0 Å². The monoisotopic (exact) mass is 274 g/mol. The van der Waals surface area contributed by atoms with E-state index in [2.05, 4.69) is 6.92 Å². The number of carbonyl (C=O) groups is 1. The Morgan fingerprint density at radius 2 is 1.84 bits per heavy atom. The normalized spacial score (nSPS) is 11.4. The van der Waals surface area contributed by atoms with Crippen molar-refractivity contribution < 1.29 is 14.4 Å². The lowest BCUT2D eigenvalue weighted by Gasteiger charge is -2.26. The van der Waals surface area contributed by atoms with Crippen molar-refractivity contribution in [3.8, 4) is 0 Å². The number of hydrogen-bond acceptors (Lipinski definition) is 4. The molecule has 1 amide bonds. The standard InChI is InChI=1S/C14H30N2O3/c1-5-6-12-18-16(11-9-7-8-10-15)13(17)19-14(2,3)4/h5-12,15H2,1-4H3. The average Bonchev–Trinajstić information content (AvgIpc) is 2.30. The molecule has 19 heavy (non-hydrogen) atoms. The molecule has 0 aromatic heterocycles. The molecule has 0 bridgehead atoms. The molecule has 2 N–H and O–H groups in total. The lowest BCUT2D eigenvalue weighted by molar-refractivity contribution is -0.148. The molecule has 0 unspecified atom stereocenters. The van der Waals surface area contributed by atoms with Gasteiger partial charge in [-0.1, -0.05) is 19.8 Å². The average molecular weight is 274 g/mol. The van der Waals surface area contributed by atoms with E-state index in [1.54, 1.807) is 0 Å². The van der Waals surface area contributed by atoms with Gasteiger partial charge in [-0.2, -0.15) is 5.06 Å². The van der Waals surface area contributed by atoms with Crippen molar-refractivity contribution in [1.29, 1.82) is 0 Å². The highest BCUT2D eigenvalue weighted by molar-refractivity contribution is 5.66. The number of rotatable bonds is 9. The Bertz CT molecular complexity index is 239. The Labute approximate surface area is 117 Å². The third kappa shape index (κ3) is 10.8. The fraction of sp³-hybridized carbons (Fsp3) is 0.929. The molecule has 0 fully saturated rings. The summed E-state index contributed by atoms with van der Waals surface area (Å²) >= 11 is 0. The predicted molar refractivity (Wildman–Crippen MR) is 76.7 cm³/mol. The van der Waals surface area contributed by atoms with Crippen LogP contribution in [0, 0.1) is 0 Å². The van der Waals surface area contributed by atoms with Crippen LogP contribution in [0.3, 0.4) is 0 Å². The van der Waals surface area contributed by atoms with E-state index in [1.165, 1.54) is 5.06 Å². The molecule has 0 saturated carbocycles. The molecule has 0 aliphatic heterocycles. The van der Waals surface area contributed by atoms with Crippen molar-refractivity contribution >= 4 is 6.09 Å². The van der Waals surface area contributed by atoms with Gasteiger partial charge in [-0.25, -0.2) is 4.79 Å². The first-order valence-corrected chi connectivity index (χ1v) is 7.24. The highest BCUT2D eigenvalue weighted by Gasteiger charge is 2.22. The van der Waals surface area contributed by atoms with Crippen molar-refractivity contribution in [2.75, 3.05) is 19.7 Å². The lowest BCUT2D eigenvalue weighted by Crippen LogP contribution is -2.37. The van der Waals surface area contributed by atoms with Crippen LogP contribution in [-0.2, 0) is 9.57 Å². The minimum absolute atomic E-state index is 0.406. The molecular formula is C14H30N2O3. The SMILES string of the molecule is CCCCON(CCCCCN)C(=O)OC(C)(C)C. The molecular weight excluding hydrogens is 244 g/mol. The number of nitrogens with zero attached hydrogens (tertiary/aromatic N) is 1. The summed E-state index contributed by atoms with van der Waals surface area (Å²) in [5, 5.41) is 1.34. The second-order valence-corrected chi connectivity index (χ2v) is 5.62. The van der Waals surface area contributed by atoms with Crippen LogP contribution < -0.4 is 5.73 Å². The molecule has 0 spiro atoms. The first-order valence-electron chi connectivity index (χ1n) is 7.24. The Morgan fingerprint density at radius 3 is 2.37 bits per heavy atom. The van der Waals surface area contributed by atoms with Crippen LogP contribution in [0.15, 0.2) is 0 Å². The van der Waals surface area contributed by atoms with Crippen molar-refractivity contribution in [2.24, 2.45) is 5.73 Å². The summed E-state index contributed by atoms with van der Waals surface area (Å²) in [7, 11) is 0. The molecule has 0 heterocycles. The van der Waals surface area contributed by atoms with E-state index in [4.69, 9.17) is 15.3 Å². The van der Waals surface area contributed by atoms with Gasteiger partial charge in [-0.05, 0) is 46.6 Å². The molecule has 0 atom stereocenters. The largest absolute Gasteiger partial charge is 0.442 e. The second kappa shape index (κ2) is 10.0. The van der Waals surface area contributed by atoms with E-state index >= 15 is 0 Å². The summed E-state index contributed by atoms with van der Waals surface area (Å²) in [4.78, 5) is 17.5. The maximum absolute atomic E-state index is 12.0. The maximum Gasteiger partial charge on any atom is 0.434 e. The molecule has 0 radical (unpaired) electrons. The first kappa shape index (κ1) is 18.2. The van der Waals surface area contributed by atoms with E-state index < -0.39 is 11.7 Å². The minimum Gasteiger partial charge on any atom is -0.442 e. The Hall–Kier alpha value is -0.810. The molecule has 5 nitrogen and oxygen atoms in total. The number of ether oxygens (including phenoxy) is 1. The van der Waals surface area contributed by atoms with E-state index in [1.807, 2.05) is 20.8 Å². The summed E-state index contributed by atoms with van der Waals surface area (Å²) in [6.45, 7) is 9.42. The summed E-state index contributed by atoms with van der Waals surface area (Å²) < 4.78 is 5.32. The molecule has 0 rings (SSSR count). The van der Waals surface area contributed by atoms with Gasteiger partial charge < -0.3 is 10.5 Å². The Balaban J connectivity index is 4.18. The van der Waals surface area contributed by atoms with E-state index in [9.17, 15) is 4.79 Å². The number of amides is 1. The molecule has 5 heteroatoms. The molecule has 0 aromatic rings. The summed E-state index contributed by atoms with van der Waals surface area (Å²) in [6, 6.07) is 0. The zero-order valence-corrected chi connectivity index (χ0v) is 12.9. The van der Waals surface area contributed by atoms with Crippen LogP contribution in [-0.4, -0.2) is 36.5 Å². The minimum atomic E-state index is -0.499. The van der Waals surface area contributed by atoms with Gasteiger partial charge in [0.2, 0.25) is 0 Å². The quantitative estimate of drug-likeness (QED) is 0.518. The first-order chi connectivity index (χ1) is 8.90. The third-order valence-corrected chi connectivity index (χ3v) is 2.41. The fourth-order valence-corrected chi connectivity index (χ4v) is 1.42. The highest BCUT2D eigenvalue weighted by atomic mass is 16.7. The highest BCUT2D eigenvalue weighted by Crippen LogP contribution is 2.11. The summed E-state index contributed by atoms with van der Waals surface area (Å²) in [6.07, 6.45) is 4.40. The number of hydroxylamine groups is 2. The van der Waals surface area contributed by atoms with Crippen molar-refractivity contribution in [3.63, 3.8) is 0 Å². The van der Waals surface area contributed by atoms with Crippen LogP contribution in [0.25, 0.3) is 0 Å². The van der Waals surface area contributed by atoms with Crippen LogP contribution >= 0.6 is 0 Å². The van der Waals surface area contributed by atoms with Crippen molar-refractivity contribution in [2.45, 2.75) is 65.4 Å². The third-order valence-electron chi connectivity index (χ3n) is 2.41. The van der Waals surface area contributed by atoms with Crippen molar-refractivity contribution in [3.05, 3.63) is 0 Å². The number of unbranched alkanes of at least 4 members (excludes halogenated alkanes) is 3. The van der Waals surface area contributed by atoms with Gasteiger partial charge in [0.25, 0.3) is 0 Å². The van der Waals surface area contributed by atoms with Crippen molar-refractivity contribution in [1.82, 2.24) is 5.06 Å². The van der Waals surface area contributed by atoms with E-state index in [-0.39, 0.29) is 0 Å². The summed E-state index contributed by atoms with van der Waals surface area (Å²) in [5.74, 6) is 0. The van der Waals surface area contributed by atoms with Gasteiger partial charge in [-0.3, -0.25) is 4.84 Å². The van der Waals surface area contributed by atoms with Crippen LogP contribution in [0.2, 0.25) is 0 Å². The molecule has 0 aliphatic carbocycles. The number of nitrogens with two attached hydrogens (primary N) is 1. The van der Waals surface area contributed by atoms with E-state index in [0.29, 0.717) is 19.7 Å². The predicted octanol–water partition coefficient (Wildman–Crippen LogP) is 3.08. The molecule has 114 valence electrons. The Morgan fingerprint density at radius 1 is 1.16 bits per heavy atom. The van der Waals surface area contributed by atoms with Gasteiger partial charge in [-0.15, -0.1) is 0 Å². The number of hydrogen-bond donors (Lipinski definition) is 1. The molecule has 0 aliphatic rings. The molecule has 0 saturated heterocycles. The molecule has 0 aromatic carbocycles. The topological polar surface area (TPSA) is 64.8 Å². The van der Waals surface area contributed by atoms with Gasteiger partial charge in [0.05, 0.1) is 13.2 Å². The summed E-state index contributed by atoms with van der Waals surface area (Å²) in [5.41, 5.74) is 4.95. The maximum atomic E-state index is 12.0. The Kier molecular flexibility index (Phi) is 9.61.